The Balaban J connectivity index is 1.52. The van der Waals surface area contributed by atoms with Gasteiger partial charge in [0.2, 0.25) is 0 Å². The van der Waals surface area contributed by atoms with Crippen molar-refractivity contribution in [1.29, 1.82) is 5.26 Å². The summed E-state index contributed by atoms with van der Waals surface area (Å²) in [6, 6.07) is 15.7. The van der Waals surface area contributed by atoms with Crippen LogP contribution in [0.4, 0.5) is 0 Å². The molecular formula is C31H41NO2. The Labute approximate surface area is 206 Å². The second-order valence-electron chi connectivity index (χ2n) is 9.98. The molecule has 1 aliphatic carbocycles. The van der Waals surface area contributed by atoms with Crippen LogP contribution in [0.1, 0.15) is 124 Å². The average molecular weight is 460 g/mol. The number of nitrogens with zero attached hydrogens (tertiary/aromatic N) is 1. The van der Waals surface area contributed by atoms with Crippen molar-refractivity contribution >= 4 is 5.97 Å². The average Bonchev–Trinajstić information content (AvgIpc) is 2.88. The van der Waals surface area contributed by atoms with Crippen LogP contribution in [-0.4, -0.2) is 5.97 Å². The first-order valence-corrected chi connectivity index (χ1v) is 13.5. The molecule has 0 saturated heterocycles. The van der Waals surface area contributed by atoms with E-state index in [1.165, 1.54) is 76.2 Å². The lowest BCUT2D eigenvalue weighted by atomic mass is 9.77. The van der Waals surface area contributed by atoms with Gasteiger partial charge in [-0.05, 0) is 85.8 Å². The Morgan fingerprint density at radius 2 is 1.62 bits per heavy atom. The van der Waals surface area contributed by atoms with Crippen LogP contribution in [0.2, 0.25) is 0 Å². The quantitative estimate of drug-likeness (QED) is 0.181. The summed E-state index contributed by atoms with van der Waals surface area (Å²) in [5.41, 5.74) is 3.40. The van der Waals surface area contributed by atoms with Gasteiger partial charge in [-0.2, -0.15) is 5.26 Å². The standard InChI is InChI=1S/C31H41NO2/c1-3-5-7-9-10-24-12-15-26(16-13-24)27-17-19-28(20-18-27)31(33)34-30-21-14-25(11-8-6-4-2)22-29(30)23-32/h14,17-22,24,26H,3-13,15-16H2,1-2H3. The summed E-state index contributed by atoms with van der Waals surface area (Å²) in [7, 11) is 0. The van der Waals surface area contributed by atoms with Gasteiger partial charge in [0.15, 0.2) is 0 Å². The number of aryl methyl sites for hydroxylation is 1. The minimum absolute atomic E-state index is 0.341. The van der Waals surface area contributed by atoms with Gasteiger partial charge in [-0.3, -0.25) is 0 Å². The van der Waals surface area contributed by atoms with Gasteiger partial charge < -0.3 is 4.74 Å². The van der Waals surface area contributed by atoms with E-state index in [0.29, 0.717) is 22.8 Å². The summed E-state index contributed by atoms with van der Waals surface area (Å²) in [5, 5.41) is 9.53. The smallest absolute Gasteiger partial charge is 0.343 e. The lowest BCUT2D eigenvalue weighted by Gasteiger charge is -2.29. The van der Waals surface area contributed by atoms with Crippen LogP contribution >= 0.6 is 0 Å². The molecule has 3 rings (SSSR count). The number of hydrogen-bond acceptors (Lipinski definition) is 3. The fourth-order valence-corrected chi connectivity index (χ4v) is 5.18. The van der Waals surface area contributed by atoms with Gasteiger partial charge in [-0.15, -0.1) is 0 Å². The lowest BCUT2D eigenvalue weighted by Crippen LogP contribution is -2.14. The summed E-state index contributed by atoms with van der Waals surface area (Å²) >= 11 is 0. The Bertz CT molecular complexity index is 933. The third-order valence-electron chi connectivity index (χ3n) is 7.37. The van der Waals surface area contributed by atoms with Crippen LogP contribution < -0.4 is 4.74 Å². The molecule has 34 heavy (non-hydrogen) atoms. The highest BCUT2D eigenvalue weighted by molar-refractivity contribution is 5.91. The maximum Gasteiger partial charge on any atom is 0.343 e. The van der Waals surface area contributed by atoms with E-state index in [2.05, 4.69) is 32.0 Å². The van der Waals surface area contributed by atoms with E-state index in [9.17, 15) is 10.1 Å². The van der Waals surface area contributed by atoms with Crippen LogP contribution in [0.5, 0.6) is 5.75 Å². The van der Waals surface area contributed by atoms with Gasteiger partial charge in [0.05, 0.1) is 11.1 Å². The predicted molar refractivity (Wildman–Crippen MR) is 139 cm³/mol. The molecule has 2 aromatic rings. The topological polar surface area (TPSA) is 50.1 Å². The number of unbranched alkanes of at least 4 members (excludes halogenated alkanes) is 5. The molecule has 0 spiro atoms. The maximum atomic E-state index is 12.7. The highest BCUT2D eigenvalue weighted by Crippen LogP contribution is 2.38. The van der Waals surface area contributed by atoms with Gasteiger partial charge in [-0.1, -0.05) is 77.0 Å². The zero-order valence-corrected chi connectivity index (χ0v) is 21.2. The highest BCUT2D eigenvalue weighted by Gasteiger charge is 2.22. The number of hydrogen-bond donors (Lipinski definition) is 0. The first kappa shape index (κ1) is 26.0. The zero-order valence-electron chi connectivity index (χ0n) is 21.2. The van der Waals surface area contributed by atoms with Crippen molar-refractivity contribution in [2.75, 3.05) is 0 Å². The molecule has 0 aromatic heterocycles. The second-order valence-corrected chi connectivity index (χ2v) is 9.98. The molecule has 0 bridgehead atoms. The monoisotopic (exact) mass is 459 g/mol. The fourth-order valence-electron chi connectivity index (χ4n) is 5.18. The molecule has 0 atom stereocenters. The predicted octanol–water partition coefficient (Wildman–Crippen LogP) is 8.75. The minimum Gasteiger partial charge on any atom is -0.422 e. The molecule has 2 aromatic carbocycles. The molecule has 1 saturated carbocycles. The summed E-state index contributed by atoms with van der Waals surface area (Å²) < 4.78 is 5.60. The zero-order chi connectivity index (χ0) is 24.2. The van der Waals surface area contributed by atoms with Crippen molar-refractivity contribution in [3.05, 3.63) is 64.7 Å². The summed E-state index contributed by atoms with van der Waals surface area (Å²) in [6.45, 7) is 4.45. The van der Waals surface area contributed by atoms with Gasteiger partial charge in [-0.25, -0.2) is 4.79 Å². The number of ether oxygens (including phenoxy) is 1. The van der Waals surface area contributed by atoms with E-state index < -0.39 is 5.97 Å². The van der Waals surface area contributed by atoms with E-state index in [0.717, 1.165) is 24.3 Å². The minimum atomic E-state index is -0.405. The number of carbonyl (C=O) groups is 1. The third kappa shape index (κ3) is 7.73. The highest BCUT2D eigenvalue weighted by atomic mass is 16.5. The lowest BCUT2D eigenvalue weighted by molar-refractivity contribution is 0.0734. The van der Waals surface area contributed by atoms with Crippen molar-refractivity contribution in [2.45, 2.75) is 103 Å². The van der Waals surface area contributed by atoms with E-state index in [1.54, 1.807) is 6.07 Å². The second kappa shape index (κ2) is 14.0. The normalized spacial score (nSPS) is 17.8. The van der Waals surface area contributed by atoms with Crippen LogP contribution in [0.25, 0.3) is 0 Å². The fraction of sp³-hybridized carbons (Fsp3) is 0.548. The van der Waals surface area contributed by atoms with E-state index in [1.807, 2.05) is 24.3 Å². The van der Waals surface area contributed by atoms with Gasteiger partial charge in [0.25, 0.3) is 0 Å². The van der Waals surface area contributed by atoms with Gasteiger partial charge >= 0.3 is 5.97 Å². The van der Waals surface area contributed by atoms with Gasteiger partial charge in [0.1, 0.15) is 11.8 Å². The summed E-state index contributed by atoms with van der Waals surface area (Å²) in [5.74, 6) is 1.43. The molecule has 1 fully saturated rings. The molecule has 0 unspecified atom stereocenters. The summed E-state index contributed by atoms with van der Waals surface area (Å²) in [4.78, 5) is 12.7. The molecule has 3 heteroatoms. The number of esters is 1. The van der Waals surface area contributed by atoms with Crippen molar-refractivity contribution in [1.82, 2.24) is 0 Å². The Kier molecular flexibility index (Phi) is 10.7. The SMILES string of the molecule is CCCCCCC1CCC(c2ccc(C(=O)Oc3ccc(CCCCC)cc3C#N)cc2)CC1. The molecule has 0 radical (unpaired) electrons. The third-order valence-corrected chi connectivity index (χ3v) is 7.37. The first-order valence-electron chi connectivity index (χ1n) is 13.5. The largest absolute Gasteiger partial charge is 0.422 e. The molecule has 1 aliphatic rings. The number of benzene rings is 2. The van der Waals surface area contributed by atoms with Crippen LogP contribution in [0.15, 0.2) is 42.5 Å². The first-order chi connectivity index (χ1) is 16.6. The maximum absolute atomic E-state index is 12.7. The number of rotatable bonds is 12. The molecular weight excluding hydrogens is 418 g/mol. The van der Waals surface area contributed by atoms with Crippen LogP contribution in [-0.2, 0) is 6.42 Å². The van der Waals surface area contributed by atoms with E-state index >= 15 is 0 Å². The van der Waals surface area contributed by atoms with Crippen molar-refractivity contribution in [3.8, 4) is 11.8 Å². The van der Waals surface area contributed by atoms with Gasteiger partial charge in [0, 0.05) is 0 Å². The van der Waals surface area contributed by atoms with E-state index in [4.69, 9.17) is 4.74 Å². The number of carbonyl (C=O) groups excluding carboxylic acids is 1. The Morgan fingerprint density at radius 1 is 0.912 bits per heavy atom. The number of nitriles is 1. The van der Waals surface area contributed by atoms with E-state index in [-0.39, 0.29) is 0 Å². The molecule has 0 aliphatic heterocycles. The molecule has 0 heterocycles. The van der Waals surface area contributed by atoms with Crippen molar-refractivity contribution < 1.29 is 9.53 Å². The molecule has 0 amide bonds. The van der Waals surface area contributed by atoms with Crippen molar-refractivity contribution in [2.24, 2.45) is 5.92 Å². The van der Waals surface area contributed by atoms with Crippen LogP contribution in [0.3, 0.4) is 0 Å². The molecule has 182 valence electrons. The Hall–Kier alpha value is -2.60. The molecule has 3 nitrogen and oxygen atoms in total. The Morgan fingerprint density at radius 3 is 2.29 bits per heavy atom. The molecule has 0 N–H and O–H groups in total. The van der Waals surface area contributed by atoms with Crippen LogP contribution in [0, 0.1) is 17.2 Å². The summed E-state index contributed by atoms with van der Waals surface area (Å²) in [6.07, 6.45) is 16.4. The van der Waals surface area contributed by atoms with Crippen molar-refractivity contribution in [3.63, 3.8) is 0 Å².